The highest BCUT2D eigenvalue weighted by Gasteiger charge is 2.12. The predicted octanol–water partition coefficient (Wildman–Crippen LogP) is 0.151. The summed E-state index contributed by atoms with van der Waals surface area (Å²) in [4.78, 5) is 33.1. The first kappa shape index (κ1) is 15.6. The molecule has 3 N–H and O–H groups in total. The smallest absolute Gasteiger partial charge is 0.329 e. The summed E-state index contributed by atoms with van der Waals surface area (Å²) in [6, 6.07) is 7.01. The van der Waals surface area contributed by atoms with Crippen LogP contribution in [0.25, 0.3) is 0 Å². The number of hydrogen-bond donors (Lipinski definition) is 3. The Kier molecular flexibility index (Phi) is 6.18. The highest BCUT2D eigenvalue weighted by atomic mass is 16.5. The van der Waals surface area contributed by atoms with Crippen LogP contribution in [0.15, 0.2) is 24.3 Å². The zero-order valence-corrected chi connectivity index (χ0v) is 11.0. The molecule has 0 fully saturated rings. The molecule has 0 unspecified atom stereocenters. The van der Waals surface area contributed by atoms with Gasteiger partial charge in [-0.05, 0) is 19.1 Å². The molecule has 7 heteroatoms. The van der Waals surface area contributed by atoms with Crippen molar-refractivity contribution in [3.63, 3.8) is 0 Å². The molecular weight excluding hydrogens is 264 g/mol. The summed E-state index contributed by atoms with van der Waals surface area (Å²) in [5, 5.41) is 13.1. The summed E-state index contributed by atoms with van der Waals surface area (Å²) in [5.74, 6) is -2.68. The third kappa shape index (κ3) is 5.96. The van der Waals surface area contributed by atoms with Crippen molar-refractivity contribution >= 4 is 23.5 Å². The van der Waals surface area contributed by atoms with Crippen molar-refractivity contribution in [2.75, 3.05) is 25.1 Å². The van der Waals surface area contributed by atoms with Crippen molar-refractivity contribution in [1.29, 1.82) is 0 Å². The minimum absolute atomic E-state index is 0.0237. The molecule has 1 rings (SSSR count). The van der Waals surface area contributed by atoms with E-state index in [2.05, 4.69) is 10.6 Å². The zero-order valence-electron chi connectivity index (χ0n) is 11.0. The van der Waals surface area contributed by atoms with Gasteiger partial charge in [0, 0.05) is 12.2 Å². The Labute approximate surface area is 115 Å². The Hall–Kier alpha value is -2.41. The average Bonchev–Trinajstić information content (AvgIpc) is 2.40. The number of carboxylic acids is 1. The van der Waals surface area contributed by atoms with E-state index in [0.717, 1.165) is 5.56 Å². The summed E-state index contributed by atoms with van der Waals surface area (Å²) < 4.78 is 4.71. The lowest BCUT2D eigenvalue weighted by Crippen LogP contribution is -2.37. The fraction of sp³-hybridized carbons (Fsp3) is 0.308. The first-order chi connectivity index (χ1) is 9.49. The third-order valence-electron chi connectivity index (χ3n) is 2.27. The molecule has 20 heavy (non-hydrogen) atoms. The highest BCUT2D eigenvalue weighted by molar-refractivity contribution is 6.39. The summed E-state index contributed by atoms with van der Waals surface area (Å²) in [5.41, 5.74) is 1.57. The molecule has 0 saturated heterocycles. The van der Waals surface area contributed by atoms with Gasteiger partial charge in [-0.25, -0.2) is 4.79 Å². The molecule has 0 aromatic heterocycles. The van der Waals surface area contributed by atoms with E-state index in [4.69, 9.17) is 9.84 Å². The molecule has 108 valence electrons. The summed E-state index contributed by atoms with van der Waals surface area (Å²) in [6.07, 6.45) is 0. The Morgan fingerprint density at radius 1 is 1.15 bits per heavy atom. The van der Waals surface area contributed by atoms with E-state index < -0.39 is 24.4 Å². The van der Waals surface area contributed by atoms with Gasteiger partial charge in [-0.1, -0.05) is 17.7 Å². The normalized spacial score (nSPS) is 9.85. The van der Waals surface area contributed by atoms with Crippen LogP contribution in [0.5, 0.6) is 0 Å². The second kappa shape index (κ2) is 7.90. The molecule has 7 nitrogen and oxygen atoms in total. The van der Waals surface area contributed by atoms with E-state index in [9.17, 15) is 14.4 Å². The maximum absolute atomic E-state index is 11.5. The second-order valence-corrected chi connectivity index (χ2v) is 4.02. The minimum atomic E-state index is -1.09. The maximum Gasteiger partial charge on any atom is 0.329 e. The zero-order chi connectivity index (χ0) is 15.0. The van der Waals surface area contributed by atoms with Gasteiger partial charge >= 0.3 is 17.8 Å². The quantitative estimate of drug-likeness (QED) is 0.508. The van der Waals surface area contributed by atoms with Gasteiger partial charge in [0.2, 0.25) is 0 Å². The van der Waals surface area contributed by atoms with Gasteiger partial charge in [-0.3, -0.25) is 9.59 Å². The van der Waals surface area contributed by atoms with Crippen LogP contribution in [0.1, 0.15) is 5.56 Å². The van der Waals surface area contributed by atoms with Crippen LogP contribution in [0.3, 0.4) is 0 Å². The molecule has 0 aliphatic carbocycles. The molecule has 0 atom stereocenters. The first-order valence-electron chi connectivity index (χ1n) is 5.94. The van der Waals surface area contributed by atoms with Gasteiger partial charge in [-0.15, -0.1) is 0 Å². The van der Waals surface area contributed by atoms with Crippen LogP contribution in [-0.2, 0) is 19.1 Å². The number of rotatable bonds is 6. The lowest BCUT2D eigenvalue weighted by atomic mass is 10.2. The van der Waals surface area contributed by atoms with Crippen molar-refractivity contribution in [3.05, 3.63) is 29.8 Å². The van der Waals surface area contributed by atoms with Gasteiger partial charge in [0.25, 0.3) is 0 Å². The van der Waals surface area contributed by atoms with Crippen molar-refractivity contribution in [2.45, 2.75) is 6.92 Å². The molecule has 0 bridgehead atoms. The molecule has 0 aliphatic heterocycles. The monoisotopic (exact) mass is 280 g/mol. The van der Waals surface area contributed by atoms with E-state index >= 15 is 0 Å². The molecule has 0 heterocycles. The molecule has 0 radical (unpaired) electrons. The Morgan fingerprint density at radius 2 is 1.80 bits per heavy atom. The Balaban J connectivity index is 2.27. The number of hydrogen-bond acceptors (Lipinski definition) is 4. The van der Waals surface area contributed by atoms with E-state index in [-0.39, 0.29) is 13.2 Å². The van der Waals surface area contributed by atoms with E-state index in [1.165, 1.54) is 0 Å². The molecule has 0 saturated carbocycles. The van der Waals surface area contributed by atoms with Gasteiger partial charge in [-0.2, -0.15) is 0 Å². The van der Waals surface area contributed by atoms with Gasteiger partial charge < -0.3 is 20.5 Å². The van der Waals surface area contributed by atoms with Crippen molar-refractivity contribution in [3.8, 4) is 0 Å². The van der Waals surface area contributed by atoms with Crippen LogP contribution < -0.4 is 10.6 Å². The summed E-state index contributed by atoms with van der Waals surface area (Å²) in [7, 11) is 0. The average molecular weight is 280 g/mol. The number of carbonyl (C=O) groups excluding carboxylic acids is 2. The van der Waals surface area contributed by atoms with Crippen molar-refractivity contribution in [2.24, 2.45) is 0 Å². The standard InChI is InChI=1S/C13H16N2O5/c1-9-2-4-10(5-3-9)15-13(19)12(18)14-6-7-20-8-11(16)17/h2-5H,6-8H2,1H3,(H,14,18)(H,15,19)(H,16,17). The van der Waals surface area contributed by atoms with E-state index in [1.807, 2.05) is 19.1 Å². The molecule has 1 aromatic carbocycles. The maximum atomic E-state index is 11.5. The van der Waals surface area contributed by atoms with Gasteiger partial charge in [0.05, 0.1) is 6.61 Å². The number of benzene rings is 1. The highest BCUT2D eigenvalue weighted by Crippen LogP contribution is 2.07. The lowest BCUT2D eigenvalue weighted by Gasteiger charge is -2.06. The van der Waals surface area contributed by atoms with Crippen LogP contribution in [0, 0.1) is 6.92 Å². The molecule has 0 aliphatic rings. The lowest BCUT2D eigenvalue weighted by molar-refractivity contribution is -0.142. The van der Waals surface area contributed by atoms with Gasteiger partial charge in [0.1, 0.15) is 6.61 Å². The SMILES string of the molecule is Cc1ccc(NC(=O)C(=O)NCCOCC(=O)O)cc1. The number of carboxylic acid groups (broad SMARTS) is 1. The third-order valence-corrected chi connectivity index (χ3v) is 2.27. The minimum Gasteiger partial charge on any atom is -0.480 e. The van der Waals surface area contributed by atoms with Crippen LogP contribution >= 0.6 is 0 Å². The molecule has 0 spiro atoms. The van der Waals surface area contributed by atoms with Crippen molar-refractivity contribution in [1.82, 2.24) is 5.32 Å². The number of ether oxygens (including phenoxy) is 1. The number of anilines is 1. The Bertz CT molecular complexity index is 484. The predicted molar refractivity (Wildman–Crippen MR) is 71.3 cm³/mol. The number of aryl methyl sites for hydroxylation is 1. The molecule has 2 amide bonds. The number of amides is 2. The fourth-order valence-electron chi connectivity index (χ4n) is 1.30. The van der Waals surface area contributed by atoms with Crippen LogP contribution in [-0.4, -0.2) is 42.6 Å². The summed E-state index contributed by atoms with van der Waals surface area (Å²) >= 11 is 0. The summed E-state index contributed by atoms with van der Waals surface area (Å²) in [6.45, 7) is 1.56. The van der Waals surface area contributed by atoms with Crippen molar-refractivity contribution < 1.29 is 24.2 Å². The topological polar surface area (TPSA) is 105 Å². The molecular formula is C13H16N2O5. The van der Waals surface area contributed by atoms with E-state index in [1.54, 1.807) is 12.1 Å². The molecule has 1 aromatic rings. The van der Waals surface area contributed by atoms with Crippen LogP contribution in [0.2, 0.25) is 0 Å². The number of nitrogens with one attached hydrogen (secondary N) is 2. The van der Waals surface area contributed by atoms with Crippen LogP contribution in [0.4, 0.5) is 5.69 Å². The number of carbonyl (C=O) groups is 3. The first-order valence-corrected chi connectivity index (χ1v) is 5.94. The Morgan fingerprint density at radius 3 is 2.40 bits per heavy atom. The second-order valence-electron chi connectivity index (χ2n) is 4.02. The fourth-order valence-corrected chi connectivity index (χ4v) is 1.30. The van der Waals surface area contributed by atoms with Gasteiger partial charge in [0.15, 0.2) is 0 Å². The van der Waals surface area contributed by atoms with E-state index in [0.29, 0.717) is 5.69 Å². The largest absolute Gasteiger partial charge is 0.480 e. The number of aliphatic carboxylic acids is 1.